The van der Waals surface area contributed by atoms with Crippen molar-refractivity contribution in [3.05, 3.63) is 37.5 Å². The maximum absolute atomic E-state index is 14.1. The lowest BCUT2D eigenvalue weighted by Crippen LogP contribution is -2.24. The molecule has 2 aromatic heterocycles. The smallest absolute Gasteiger partial charge is 0.331 e. The Kier molecular flexibility index (Phi) is 6.14. The number of rotatable bonds is 6. The highest BCUT2D eigenvalue weighted by Crippen LogP contribution is 2.46. The third-order valence-corrected chi connectivity index (χ3v) is 8.14. The van der Waals surface area contributed by atoms with Crippen molar-refractivity contribution >= 4 is 34.4 Å². The molecule has 0 bridgehead atoms. The molecule has 1 N–H and O–H groups in total. The number of carbonyl (C=O) groups is 2. The highest BCUT2D eigenvalue weighted by atomic mass is 32.1. The number of nitrogens with zero attached hydrogens (tertiary/aromatic N) is 1. The summed E-state index contributed by atoms with van der Waals surface area (Å²) in [4.78, 5) is 30.9. The van der Waals surface area contributed by atoms with Gasteiger partial charge in [0.05, 0.1) is 5.69 Å². The number of thiophene rings is 1. The molecule has 166 valence electrons. The van der Waals surface area contributed by atoms with E-state index in [-0.39, 0.29) is 43.0 Å². The molecule has 0 aliphatic heterocycles. The Labute approximate surface area is 188 Å². The predicted molar refractivity (Wildman–Crippen MR) is 118 cm³/mol. The van der Waals surface area contributed by atoms with Gasteiger partial charge in [-0.3, -0.25) is 4.79 Å². The van der Waals surface area contributed by atoms with Gasteiger partial charge in [0.25, 0.3) is 5.92 Å². The van der Waals surface area contributed by atoms with Gasteiger partial charge in [0, 0.05) is 51.1 Å². The Hall–Kier alpha value is -1.93. The molecule has 2 aromatic rings. The van der Waals surface area contributed by atoms with E-state index in [4.69, 9.17) is 4.98 Å². The molecule has 2 aliphatic rings. The van der Waals surface area contributed by atoms with Crippen LogP contribution in [-0.4, -0.2) is 27.8 Å². The third-order valence-electron chi connectivity index (χ3n) is 6.03. The number of alkyl halides is 2. The number of thiazole rings is 1. The van der Waals surface area contributed by atoms with Gasteiger partial charge >= 0.3 is 5.97 Å². The second-order valence-electron chi connectivity index (χ2n) is 8.64. The summed E-state index contributed by atoms with van der Waals surface area (Å²) in [6, 6.07) is 0. The summed E-state index contributed by atoms with van der Waals surface area (Å²) < 4.78 is 28.2. The molecule has 0 atom stereocenters. The highest BCUT2D eigenvalue weighted by Gasteiger charge is 2.38. The van der Waals surface area contributed by atoms with Crippen LogP contribution in [-0.2, 0) is 28.9 Å². The van der Waals surface area contributed by atoms with Gasteiger partial charge in [-0.1, -0.05) is 13.8 Å². The van der Waals surface area contributed by atoms with E-state index in [9.17, 15) is 23.5 Å². The lowest BCUT2D eigenvalue weighted by molar-refractivity contribution is -0.133. The maximum atomic E-state index is 14.1. The average molecular weight is 466 g/mol. The number of carboxylic acid groups (broad SMARTS) is 1. The van der Waals surface area contributed by atoms with E-state index in [1.54, 1.807) is 0 Å². The van der Waals surface area contributed by atoms with Crippen LogP contribution in [0.15, 0.2) is 16.5 Å². The van der Waals surface area contributed by atoms with Crippen LogP contribution < -0.4 is 0 Å². The SMILES string of the molecule is CC(C)c1csc(-c2c(CC(=O)C3=C(C(=O)O)CCCC3)sc3c2CCC(F)(F)C3)n1. The number of Topliss-reactive ketones (excluding diaryl/α,β-unsaturated/α-hetero) is 1. The zero-order chi connectivity index (χ0) is 22.3. The van der Waals surface area contributed by atoms with E-state index >= 15 is 0 Å². The van der Waals surface area contributed by atoms with Crippen molar-refractivity contribution in [2.24, 2.45) is 0 Å². The zero-order valence-electron chi connectivity index (χ0n) is 17.6. The molecule has 0 aromatic carbocycles. The molecule has 0 spiro atoms. The van der Waals surface area contributed by atoms with Gasteiger partial charge in [0.2, 0.25) is 0 Å². The summed E-state index contributed by atoms with van der Waals surface area (Å²) in [7, 11) is 0. The van der Waals surface area contributed by atoms with Gasteiger partial charge in [-0.25, -0.2) is 18.6 Å². The van der Waals surface area contributed by atoms with E-state index in [1.807, 2.05) is 5.38 Å². The number of fused-ring (bicyclic) bond motifs is 1. The van der Waals surface area contributed by atoms with Gasteiger partial charge in [-0.05, 0) is 43.6 Å². The number of halogens is 2. The van der Waals surface area contributed by atoms with Gasteiger partial charge in [0.1, 0.15) is 5.01 Å². The van der Waals surface area contributed by atoms with Gasteiger partial charge in [-0.2, -0.15) is 0 Å². The van der Waals surface area contributed by atoms with Gasteiger partial charge in [-0.15, -0.1) is 22.7 Å². The molecule has 0 fully saturated rings. The molecule has 4 rings (SSSR count). The topological polar surface area (TPSA) is 67.3 Å². The molecule has 2 aliphatic carbocycles. The first-order chi connectivity index (χ1) is 14.7. The Morgan fingerprint density at radius 2 is 1.90 bits per heavy atom. The molecule has 8 heteroatoms. The first-order valence-electron chi connectivity index (χ1n) is 10.6. The normalized spacial score (nSPS) is 18.4. The fraction of sp³-hybridized carbons (Fsp3) is 0.522. The second-order valence-corrected chi connectivity index (χ2v) is 10.7. The fourth-order valence-electron chi connectivity index (χ4n) is 4.35. The van der Waals surface area contributed by atoms with Crippen molar-refractivity contribution in [3.63, 3.8) is 0 Å². The minimum Gasteiger partial charge on any atom is -0.478 e. The monoisotopic (exact) mass is 465 g/mol. The zero-order valence-corrected chi connectivity index (χ0v) is 19.2. The van der Waals surface area contributed by atoms with Crippen LogP contribution in [0.3, 0.4) is 0 Å². The van der Waals surface area contributed by atoms with Crippen molar-refractivity contribution < 1.29 is 23.5 Å². The Bertz CT molecular complexity index is 1070. The third kappa shape index (κ3) is 4.51. The molecular weight excluding hydrogens is 440 g/mol. The number of carbonyl (C=O) groups excluding carboxylic acids is 1. The van der Waals surface area contributed by atoms with Crippen LogP contribution >= 0.6 is 22.7 Å². The number of ketones is 1. The number of carboxylic acids is 1. The first-order valence-corrected chi connectivity index (χ1v) is 12.3. The summed E-state index contributed by atoms with van der Waals surface area (Å²) in [6.07, 6.45) is 2.23. The molecule has 0 radical (unpaired) electrons. The lowest BCUT2D eigenvalue weighted by atomic mass is 9.87. The molecule has 4 nitrogen and oxygen atoms in total. The number of allylic oxidation sites excluding steroid dienone is 1. The Morgan fingerprint density at radius 1 is 1.19 bits per heavy atom. The highest BCUT2D eigenvalue weighted by molar-refractivity contribution is 7.15. The molecule has 0 amide bonds. The largest absolute Gasteiger partial charge is 0.478 e. The summed E-state index contributed by atoms with van der Waals surface area (Å²) >= 11 is 2.76. The summed E-state index contributed by atoms with van der Waals surface area (Å²) in [5, 5.41) is 12.3. The maximum Gasteiger partial charge on any atom is 0.331 e. The Morgan fingerprint density at radius 3 is 2.55 bits per heavy atom. The summed E-state index contributed by atoms with van der Waals surface area (Å²) in [6.45, 7) is 4.10. The van der Waals surface area contributed by atoms with Crippen LogP contribution in [0.4, 0.5) is 8.78 Å². The fourth-order valence-corrected chi connectivity index (χ4v) is 6.93. The predicted octanol–water partition coefficient (Wildman–Crippen LogP) is 6.19. The number of hydrogen-bond acceptors (Lipinski definition) is 5. The minimum absolute atomic E-state index is 0.0429. The Balaban J connectivity index is 1.75. The molecule has 0 saturated heterocycles. The number of aromatic nitrogens is 1. The van der Waals surface area contributed by atoms with E-state index in [1.165, 1.54) is 22.7 Å². The molecule has 0 unspecified atom stereocenters. The van der Waals surface area contributed by atoms with Crippen molar-refractivity contribution in [1.82, 2.24) is 4.98 Å². The van der Waals surface area contributed by atoms with Crippen LogP contribution in [0.5, 0.6) is 0 Å². The van der Waals surface area contributed by atoms with Crippen LogP contribution in [0.25, 0.3) is 10.6 Å². The van der Waals surface area contributed by atoms with Crippen LogP contribution in [0, 0.1) is 0 Å². The molecule has 31 heavy (non-hydrogen) atoms. The van der Waals surface area contributed by atoms with Crippen molar-refractivity contribution in [1.29, 1.82) is 0 Å². The van der Waals surface area contributed by atoms with Crippen molar-refractivity contribution in [3.8, 4) is 10.6 Å². The lowest BCUT2D eigenvalue weighted by Gasteiger charge is -2.22. The quantitative estimate of drug-likeness (QED) is 0.553. The van der Waals surface area contributed by atoms with E-state index in [0.29, 0.717) is 23.3 Å². The second kappa shape index (κ2) is 8.54. The van der Waals surface area contributed by atoms with E-state index < -0.39 is 11.9 Å². The summed E-state index contributed by atoms with van der Waals surface area (Å²) in [5.41, 5.74) is 3.26. The van der Waals surface area contributed by atoms with Crippen LogP contribution in [0.2, 0.25) is 0 Å². The first kappa shape index (κ1) is 22.3. The average Bonchev–Trinajstić information content (AvgIpc) is 3.31. The summed E-state index contributed by atoms with van der Waals surface area (Å²) in [5.74, 6) is -3.72. The van der Waals surface area contributed by atoms with Crippen molar-refractivity contribution in [2.75, 3.05) is 0 Å². The van der Waals surface area contributed by atoms with Crippen molar-refractivity contribution in [2.45, 2.75) is 77.1 Å². The van der Waals surface area contributed by atoms with Crippen LogP contribution in [0.1, 0.15) is 72.9 Å². The minimum atomic E-state index is -2.73. The van der Waals surface area contributed by atoms with Gasteiger partial charge < -0.3 is 5.11 Å². The number of hydrogen-bond donors (Lipinski definition) is 1. The standard InChI is InChI=1S/C23H25F2NO3S2/c1-12(2)16-11-30-21(26-16)20-15-7-8-23(24,25)10-19(15)31-18(20)9-17(27)13-5-3-4-6-14(13)22(28)29/h11-12H,3-10H2,1-2H3,(H,28,29). The van der Waals surface area contributed by atoms with E-state index in [2.05, 4.69) is 13.8 Å². The molecular formula is C23H25F2NO3S2. The molecule has 2 heterocycles. The number of aliphatic carboxylic acids is 1. The van der Waals surface area contributed by atoms with Gasteiger partial charge in [0.15, 0.2) is 5.78 Å². The van der Waals surface area contributed by atoms with E-state index in [0.717, 1.165) is 39.5 Å². The molecule has 0 saturated carbocycles.